The first-order valence-corrected chi connectivity index (χ1v) is 8.10. The summed E-state index contributed by atoms with van der Waals surface area (Å²) in [5, 5.41) is 0.761. The topological polar surface area (TPSA) is 15.6 Å². The van der Waals surface area contributed by atoms with Crippen LogP contribution < -0.4 is 4.90 Å². The molecule has 0 fully saturated rings. The van der Waals surface area contributed by atoms with Crippen LogP contribution in [0.4, 0.5) is 11.4 Å². The van der Waals surface area contributed by atoms with E-state index in [0.717, 1.165) is 16.4 Å². The Balaban J connectivity index is 1.86. The molecule has 0 bridgehead atoms. The summed E-state index contributed by atoms with van der Waals surface area (Å²) in [7, 11) is 4.09. The van der Waals surface area contributed by atoms with Gasteiger partial charge >= 0.3 is 0 Å². The van der Waals surface area contributed by atoms with Crippen molar-refractivity contribution in [1.82, 2.24) is 0 Å². The maximum atomic E-state index is 6.14. The molecule has 0 saturated carbocycles. The molecule has 118 valence electrons. The Bertz CT molecular complexity index is 784. The Morgan fingerprint density at radius 1 is 1.00 bits per heavy atom. The number of allylic oxidation sites excluding steroid dienone is 1. The molecule has 0 radical (unpaired) electrons. The van der Waals surface area contributed by atoms with Gasteiger partial charge in [0, 0.05) is 30.2 Å². The van der Waals surface area contributed by atoms with Crippen molar-refractivity contribution >= 4 is 34.8 Å². The van der Waals surface area contributed by atoms with Crippen LogP contribution in [0.25, 0.3) is 6.08 Å². The van der Waals surface area contributed by atoms with E-state index >= 15 is 0 Å². The molecule has 1 aliphatic heterocycles. The molecule has 1 aliphatic rings. The zero-order valence-corrected chi connectivity index (χ0v) is 14.7. The SMILES string of the molecule is CN(C)c1ccc(C=CC2=Nc3ccc(Cl)cc3C2(C)C)cc1. The fraction of sp³-hybridized carbons (Fsp3) is 0.250. The van der Waals surface area contributed by atoms with Crippen LogP contribution >= 0.6 is 11.6 Å². The number of hydrogen-bond acceptors (Lipinski definition) is 2. The van der Waals surface area contributed by atoms with Gasteiger partial charge in [-0.05, 0) is 47.5 Å². The Morgan fingerprint density at radius 3 is 2.35 bits per heavy atom. The summed E-state index contributed by atoms with van der Waals surface area (Å²) in [5.74, 6) is 0. The maximum absolute atomic E-state index is 6.14. The third-order valence-corrected chi connectivity index (χ3v) is 4.59. The molecular formula is C20H21ClN2. The van der Waals surface area contributed by atoms with Gasteiger partial charge in [0.25, 0.3) is 0 Å². The Labute approximate surface area is 143 Å². The van der Waals surface area contributed by atoms with E-state index < -0.39 is 0 Å². The summed E-state index contributed by atoms with van der Waals surface area (Å²) in [6.45, 7) is 4.38. The van der Waals surface area contributed by atoms with Crippen LogP contribution in [0.15, 0.2) is 53.5 Å². The van der Waals surface area contributed by atoms with Crippen LogP contribution in [0.2, 0.25) is 5.02 Å². The van der Waals surface area contributed by atoms with E-state index in [2.05, 4.69) is 55.2 Å². The molecule has 0 atom stereocenters. The van der Waals surface area contributed by atoms with E-state index in [1.54, 1.807) is 0 Å². The Hall–Kier alpha value is -2.06. The molecule has 0 spiro atoms. The molecule has 3 rings (SSSR count). The maximum Gasteiger partial charge on any atom is 0.0675 e. The van der Waals surface area contributed by atoms with Crippen molar-refractivity contribution in [3.8, 4) is 0 Å². The number of anilines is 1. The predicted molar refractivity (Wildman–Crippen MR) is 101 cm³/mol. The molecule has 2 nitrogen and oxygen atoms in total. The molecule has 1 heterocycles. The standard InChI is InChI=1S/C20H21ClN2/c1-20(2)17-13-15(21)8-11-18(17)22-19(20)12-7-14-5-9-16(10-6-14)23(3)4/h5-13H,1-4H3. The second-order valence-electron chi connectivity index (χ2n) is 6.60. The van der Waals surface area contributed by atoms with E-state index in [-0.39, 0.29) is 5.41 Å². The van der Waals surface area contributed by atoms with Gasteiger partial charge in [0.05, 0.1) is 11.4 Å². The molecule has 23 heavy (non-hydrogen) atoms. The minimum absolute atomic E-state index is 0.125. The number of nitrogens with zero attached hydrogens (tertiary/aromatic N) is 2. The second-order valence-corrected chi connectivity index (χ2v) is 7.04. The zero-order valence-electron chi connectivity index (χ0n) is 14.0. The lowest BCUT2D eigenvalue weighted by atomic mass is 9.81. The van der Waals surface area contributed by atoms with Crippen LogP contribution in [0, 0.1) is 0 Å². The molecule has 0 saturated heterocycles. The average Bonchev–Trinajstić information content (AvgIpc) is 2.76. The largest absolute Gasteiger partial charge is 0.378 e. The van der Waals surface area contributed by atoms with Gasteiger partial charge in [-0.2, -0.15) is 0 Å². The molecule has 0 aromatic heterocycles. The van der Waals surface area contributed by atoms with E-state index in [1.165, 1.54) is 16.8 Å². The van der Waals surface area contributed by atoms with Crippen LogP contribution in [-0.2, 0) is 5.41 Å². The van der Waals surface area contributed by atoms with Crippen molar-refractivity contribution < 1.29 is 0 Å². The van der Waals surface area contributed by atoms with Crippen LogP contribution in [-0.4, -0.2) is 19.8 Å². The first-order valence-electron chi connectivity index (χ1n) is 7.72. The van der Waals surface area contributed by atoms with E-state index in [9.17, 15) is 0 Å². The Morgan fingerprint density at radius 2 is 1.70 bits per heavy atom. The number of rotatable bonds is 3. The zero-order chi connectivity index (χ0) is 16.6. The highest BCUT2D eigenvalue weighted by Crippen LogP contribution is 2.41. The predicted octanol–water partition coefficient (Wildman–Crippen LogP) is 5.48. The van der Waals surface area contributed by atoms with Gasteiger partial charge in [0.1, 0.15) is 0 Å². The van der Waals surface area contributed by atoms with Crippen LogP contribution in [0.5, 0.6) is 0 Å². The minimum atomic E-state index is -0.125. The molecule has 3 heteroatoms. The number of aliphatic imine (C=N–C) groups is 1. The van der Waals surface area contributed by atoms with Gasteiger partial charge in [-0.1, -0.05) is 43.7 Å². The average molecular weight is 325 g/mol. The molecule has 0 amide bonds. The van der Waals surface area contributed by atoms with Crippen molar-refractivity contribution in [2.45, 2.75) is 19.3 Å². The van der Waals surface area contributed by atoms with Crippen molar-refractivity contribution in [2.24, 2.45) is 4.99 Å². The van der Waals surface area contributed by atoms with Crippen molar-refractivity contribution in [3.63, 3.8) is 0 Å². The fourth-order valence-electron chi connectivity index (χ4n) is 2.82. The van der Waals surface area contributed by atoms with Crippen LogP contribution in [0.3, 0.4) is 0 Å². The molecule has 2 aromatic carbocycles. The van der Waals surface area contributed by atoms with Gasteiger partial charge in [-0.25, -0.2) is 0 Å². The summed E-state index contributed by atoms with van der Waals surface area (Å²) in [4.78, 5) is 6.86. The van der Waals surface area contributed by atoms with Crippen LogP contribution in [0.1, 0.15) is 25.0 Å². The summed E-state index contributed by atoms with van der Waals surface area (Å²) < 4.78 is 0. The first kappa shape index (κ1) is 15.8. The third-order valence-electron chi connectivity index (χ3n) is 4.36. The number of halogens is 1. The second kappa shape index (κ2) is 5.86. The van der Waals surface area contributed by atoms with Gasteiger partial charge in [-0.3, -0.25) is 4.99 Å². The molecule has 0 N–H and O–H groups in total. The fourth-order valence-corrected chi connectivity index (χ4v) is 2.99. The molecule has 2 aromatic rings. The monoisotopic (exact) mass is 324 g/mol. The quantitative estimate of drug-likeness (QED) is 0.729. The highest BCUT2D eigenvalue weighted by molar-refractivity contribution is 6.31. The van der Waals surface area contributed by atoms with Gasteiger partial charge in [0.15, 0.2) is 0 Å². The highest BCUT2D eigenvalue weighted by atomic mass is 35.5. The van der Waals surface area contributed by atoms with Crippen molar-refractivity contribution in [3.05, 3.63) is 64.7 Å². The third kappa shape index (κ3) is 3.04. The number of fused-ring (bicyclic) bond motifs is 1. The van der Waals surface area contributed by atoms with E-state index in [0.29, 0.717) is 0 Å². The van der Waals surface area contributed by atoms with E-state index in [1.807, 2.05) is 32.3 Å². The summed E-state index contributed by atoms with van der Waals surface area (Å²) in [5.41, 5.74) is 5.51. The molecule has 0 aliphatic carbocycles. The number of hydrogen-bond donors (Lipinski definition) is 0. The van der Waals surface area contributed by atoms with E-state index in [4.69, 9.17) is 16.6 Å². The summed E-state index contributed by atoms with van der Waals surface area (Å²) >= 11 is 6.14. The normalized spacial score (nSPS) is 15.6. The van der Waals surface area contributed by atoms with Gasteiger partial charge in [0.2, 0.25) is 0 Å². The van der Waals surface area contributed by atoms with Gasteiger partial charge < -0.3 is 4.90 Å². The highest BCUT2D eigenvalue weighted by Gasteiger charge is 2.33. The minimum Gasteiger partial charge on any atom is -0.378 e. The number of benzene rings is 2. The summed E-state index contributed by atoms with van der Waals surface area (Å²) in [6, 6.07) is 14.4. The first-order chi connectivity index (χ1) is 10.9. The van der Waals surface area contributed by atoms with Gasteiger partial charge in [-0.15, -0.1) is 0 Å². The van der Waals surface area contributed by atoms with Crippen molar-refractivity contribution in [2.75, 3.05) is 19.0 Å². The molecular weight excluding hydrogens is 304 g/mol. The lowest BCUT2D eigenvalue weighted by Gasteiger charge is -2.20. The lowest BCUT2D eigenvalue weighted by molar-refractivity contribution is 0.740. The molecule has 0 unspecified atom stereocenters. The smallest absolute Gasteiger partial charge is 0.0675 e. The lowest BCUT2D eigenvalue weighted by Crippen LogP contribution is -2.23. The van der Waals surface area contributed by atoms with Crippen molar-refractivity contribution in [1.29, 1.82) is 0 Å². The Kier molecular flexibility index (Phi) is 4.03. The summed E-state index contributed by atoms with van der Waals surface area (Å²) in [6.07, 6.45) is 4.23.